The van der Waals surface area contributed by atoms with Gasteiger partial charge < -0.3 is 0 Å². The van der Waals surface area contributed by atoms with E-state index in [0.29, 0.717) is 0 Å². The Morgan fingerprint density at radius 3 is 1.20 bits per heavy atom. The van der Waals surface area contributed by atoms with E-state index in [-0.39, 0.29) is 0 Å². The van der Waals surface area contributed by atoms with Crippen molar-refractivity contribution in [3.63, 3.8) is 0 Å². The van der Waals surface area contributed by atoms with Crippen LogP contribution in [0.4, 0.5) is 0 Å². The maximum absolute atomic E-state index is 8.16. The standard InChI is InChI=1S/H2I2O2P/c1-5(2,3)4/h3-4H/q+1. The zero-order chi connectivity index (χ0) is 4.50. The van der Waals surface area contributed by atoms with Gasteiger partial charge in [0.05, 0.1) is 0 Å². The van der Waals surface area contributed by atoms with Gasteiger partial charge in [-0.05, 0) is 0 Å². The van der Waals surface area contributed by atoms with Gasteiger partial charge in [0.15, 0.2) is 0 Å². The van der Waals surface area contributed by atoms with Crippen molar-refractivity contribution < 1.29 is 9.79 Å². The molecule has 0 aromatic carbocycles. The van der Waals surface area contributed by atoms with E-state index in [1.165, 1.54) is 0 Å². The molecule has 0 radical (unpaired) electrons. The molecule has 0 saturated carbocycles. The van der Waals surface area contributed by atoms with Gasteiger partial charge in [0.1, 0.15) is 0 Å². The lowest BCUT2D eigenvalue weighted by Gasteiger charge is -1.82. The molecule has 0 aliphatic carbocycles. The molecule has 0 aliphatic rings. The SMILES string of the molecule is O[P+](O)(I)I. The summed E-state index contributed by atoms with van der Waals surface area (Å²) in [6.45, 7) is 0. The first-order chi connectivity index (χ1) is 2.00. The van der Waals surface area contributed by atoms with E-state index >= 15 is 0 Å². The van der Waals surface area contributed by atoms with Crippen molar-refractivity contribution >= 4 is 47.1 Å². The number of hydrogen-bond acceptors (Lipinski definition) is 2. The van der Waals surface area contributed by atoms with Crippen LogP contribution in [0.5, 0.6) is 0 Å². The van der Waals surface area contributed by atoms with Gasteiger partial charge in [-0.3, -0.25) is 0 Å². The molecular weight excluding hydrogens is 317 g/mol. The van der Waals surface area contributed by atoms with Crippen molar-refractivity contribution in [1.82, 2.24) is 0 Å². The molecule has 0 aromatic rings. The molecule has 5 heteroatoms. The van der Waals surface area contributed by atoms with Gasteiger partial charge >= 0.3 is 3.00 Å². The van der Waals surface area contributed by atoms with E-state index in [1.54, 1.807) is 44.1 Å². The first-order valence-electron chi connectivity index (χ1n) is 0.738. The Morgan fingerprint density at radius 1 is 1.20 bits per heavy atom. The first-order valence-corrected chi connectivity index (χ1v) is 8.00. The fourth-order valence-electron chi connectivity index (χ4n) is 0. The van der Waals surface area contributed by atoms with Crippen molar-refractivity contribution in [1.29, 1.82) is 0 Å². The molecule has 0 amide bonds. The van der Waals surface area contributed by atoms with E-state index in [9.17, 15) is 0 Å². The summed E-state index contributed by atoms with van der Waals surface area (Å²) in [4.78, 5) is 16.3. The summed E-state index contributed by atoms with van der Waals surface area (Å²) >= 11 is 3.17. The summed E-state index contributed by atoms with van der Waals surface area (Å²) in [7, 11) is 0. The van der Waals surface area contributed by atoms with Crippen LogP contribution in [0.15, 0.2) is 0 Å². The van der Waals surface area contributed by atoms with Crippen LogP contribution in [0.3, 0.4) is 0 Å². The van der Waals surface area contributed by atoms with E-state index < -0.39 is 3.00 Å². The second-order valence-electron chi connectivity index (χ2n) is 0.456. The molecular formula is H2I2O2P+. The van der Waals surface area contributed by atoms with Gasteiger partial charge in [-0.25, -0.2) is 9.79 Å². The zero-order valence-electron chi connectivity index (χ0n) is 2.10. The van der Waals surface area contributed by atoms with Crippen molar-refractivity contribution in [2.75, 3.05) is 0 Å². The van der Waals surface area contributed by atoms with E-state index in [1.807, 2.05) is 0 Å². The van der Waals surface area contributed by atoms with Crippen LogP contribution >= 0.6 is 47.1 Å². The van der Waals surface area contributed by atoms with Crippen LogP contribution in [0.25, 0.3) is 0 Å². The maximum Gasteiger partial charge on any atom is 0.386 e. The Kier molecular flexibility index (Phi) is 3.00. The molecule has 0 fully saturated rings. The summed E-state index contributed by atoms with van der Waals surface area (Å²) in [5, 5.41) is 0. The Bertz CT molecular complexity index is 23.1. The number of halogens is 2. The van der Waals surface area contributed by atoms with Crippen molar-refractivity contribution in [2.24, 2.45) is 0 Å². The molecule has 0 unspecified atom stereocenters. The molecule has 0 rings (SSSR count). The average molecular weight is 319 g/mol. The molecule has 2 nitrogen and oxygen atoms in total. The van der Waals surface area contributed by atoms with Crippen molar-refractivity contribution in [3.8, 4) is 0 Å². The minimum absolute atomic E-state index is 1.59. The smallest absolute Gasteiger partial charge is 0.203 e. The van der Waals surface area contributed by atoms with E-state index in [0.717, 1.165) is 0 Å². The van der Waals surface area contributed by atoms with E-state index in [4.69, 9.17) is 9.79 Å². The fraction of sp³-hybridized carbons (Fsp3) is 0. The number of rotatable bonds is 0. The predicted octanol–water partition coefficient (Wildman–Crippen LogP) is 1.52. The van der Waals surface area contributed by atoms with Crippen LogP contribution in [0, 0.1) is 0 Å². The Hall–Kier alpha value is 1.81. The van der Waals surface area contributed by atoms with Crippen LogP contribution in [0.2, 0.25) is 0 Å². The molecule has 0 spiro atoms. The summed E-state index contributed by atoms with van der Waals surface area (Å²) < 4.78 is -2.45. The normalized spacial score (nSPS) is 12.0. The lowest BCUT2D eigenvalue weighted by atomic mass is 15.9. The van der Waals surface area contributed by atoms with Gasteiger partial charge in [-0.15, -0.1) is 0 Å². The molecule has 32 valence electrons. The van der Waals surface area contributed by atoms with Crippen LogP contribution in [-0.2, 0) is 0 Å². The Labute approximate surface area is 56.4 Å². The number of hydrogen-bond donors (Lipinski definition) is 2. The van der Waals surface area contributed by atoms with Gasteiger partial charge in [0, 0.05) is 0 Å². The summed E-state index contributed by atoms with van der Waals surface area (Å²) in [5.41, 5.74) is 0. The highest BCUT2D eigenvalue weighted by molar-refractivity contribution is 14.3. The topological polar surface area (TPSA) is 40.5 Å². The Balaban J connectivity index is 3.02. The minimum Gasteiger partial charge on any atom is -0.203 e. The average Bonchev–Trinajstić information content (AvgIpc) is 0.722. The predicted molar refractivity (Wildman–Crippen MR) is 39.4 cm³/mol. The molecule has 5 heavy (non-hydrogen) atoms. The molecule has 0 bridgehead atoms. The third-order valence-corrected chi connectivity index (χ3v) is 0. The largest absolute Gasteiger partial charge is 0.386 e. The zero-order valence-corrected chi connectivity index (χ0v) is 7.31. The van der Waals surface area contributed by atoms with Crippen molar-refractivity contribution in [3.05, 3.63) is 0 Å². The third kappa shape index (κ3) is 25.7. The van der Waals surface area contributed by atoms with Gasteiger partial charge in [0.25, 0.3) is 0 Å². The van der Waals surface area contributed by atoms with Crippen LogP contribution in [0.1, 0.15) is 0 Å². The summed E-state index contributed by atoms with van der Waals surface area (Å²) in [5.74, 6) is 0. The lowest BCUT2D eigenvalue weighted by molar-refractivity contribution is 0.506. The van der Waals surface area contributed by atoms with Crippen LogP contribution in [-0.4, -0.2) is 9.79 Å². The maximum atomic E-state index is 8.16. The summed E-state index contributed by atoms with van der Waals surface area (Å²) in [6.07, 6.45) is 0. The molecule has 0 aromatic heterocycles. The minimum atomic E-state index is -2.45. The second kappa shape index (κ2) is 2.20. The van der Waals surface area contributed by atoms with Gasteiger partial charge in [0.2, 0.25) is 44.1 Å². The lowest BCUT2D eigenvalue weighted by Crippen LogP contribution is -1.55. The third-order valence-electron chi connectivity index (χ3n) is 0. The Morgan fingerprint density at radius 2 is 1.20 bits per heavy atom. The quantitative estimate of drug-likeness (QED) is 0.525. The van der Waals surface area contributed by atoms with Crippen LogP contribution < -0.4 is 0 Å². The second-order valence-corrected chi connectivity index (χ2v) is 15.0. The molecule has 0 heterocycles. The van der Waals surface area contributed by atoms with Gasteiger partial charge in [-0.2, -0.15) is 0 Å². The molecule has 0 aliphatic heterocycles. The highest BCUT2D eigenvalue weighted by Crippen LogP contribution is 2.66. The summed E-state index contributed by atoms with van der Waals surface area (Å²) in [6, 6.07) is 0. The van der Waals surface area contributed by atoms with Crippen molar-refractivity contribution in [2.45, 2.75) is 0 Å². The molecule has 2 N–H and O–H groups in total. The molecule has 0 saturated heterocycles. The highest BCUT2D eigenvalue weighted by atomic mass is 127. The fourth-order valence-corrected chi connectivity index (χ4v) is 0. The monoisotopic (exact) mass is 319 g/mol. The van der Waals surface area contributed by atoms with E-state index in [2.05, 4.69) is 0 Å². The first kappa shape index (κ1) is 6.81. The molecule has 0 atom stereocenters. The highest BCUT2D eigenvalue weighted by Gasteiger charge is 2.22. The van der Waals surface area contributed by atoms with Gasteiger partial charge in [-0.1, -0.05) is 0 Å².